The second-order valence-electron chi connectivity index (χ2n) is 3.63. The van der Waals surface area contributed by atoms with Gasteiger partial charge in [-0.05, 0) is 18.9 Å². The number of carboxylic acid groups (broad SMARTS) is 1. The fourth-order valence-corrected chi connectivity index (χ4v) is 1.39. The Balaban J connectivity index is 3.21. The van der Waals surface area contributed by atoms with Gasteiger partial charge in [0, 0.05) is 5.57 Å². The van der Waals surface area contributed by atoms with E-state index in [0.717, 1.165) is 5.57 Å². The molecular weight excluding hydrogens is 204 g/mol. The normalized spacial score (nSPS) is 11.8. The van der Waals surface area contributed by atoms with Crippen molar-refractivity contribution in [3.63, 3.8) is 0 Å². The Morgan fingerprint density at radius 3 is 2.25 bits per heavy atom. The molecule has 3 heteroatoms. The molecule has 16 heavy (non-hydrogen) atoms. The van der Waals surface area contributed by atoms with Crippen molar-refractivity contribution in [1.82, 2.24) is 0 Å². The topological polar surface area (TPSA) is 57.5 Å². The van der Waals surface area contributed by atoms with Gasteiger partial charge in [0.05, 0.1) is 0 Å². The van der Waals surface area contributed by atoms with Crippen LogP contribution in [0.4, 0.5) is 0 Å². The number of aliphatic carboxylic acids is 1. The molecule has 0 saturated carbocycles. The minimum Gasteiger partial charge on any atom is -0.502 e. The lowest BCUT2D eigenvalue weighted by Crippen LogP contribution is -2.04. The molecule has 0 aliphatic carbocycles. The first kappa shape index (κ1) is 12.0. The lowest BCUT2D eigenvalue weighted by molar-refractivity contribution is -0.135. The fraction of sp³-hybridized carbons (Fsp3) is 0.154. The molecule has 0 atom stereocenters. The molecule has 0 radical (unpaired) electrons. The van der Waals surface area contributed by atoms with Crippen molar-refractivity contribution >= 4 is 11.5 Å². The van der Waals surface area contributed by atoms with E-state index in [4.69, 9.17) is 5.11 Å². The zero-order valence-electron chi connectivity index (χ0n) is 9.10. The molecule has 0 aliphatic heterocycles. The monoisotopic (exact) mass is 218 g/mol. The third-order valence-electron chi connectivity index (χ3n) is 2.09. The van der Waals surface area contributed by atoms with Gasteiger partial charge < -0.3 is 10.2 Å². The first-order valence-electron chi connectivity index (χ1n) is 4.87. The van der Waals surface area contributed by atoms with E-state index in [1.807, 2.05) is 6.07 Å². The Morgan fingerprint density at radius 1 is 1.25 bits per heavy atom. The summed E-state index contributed by atoms with van der Waals surface area (Å²) in [7, 11) is 0. The SMILES string of the molecule is C=C(C)CC(=C(O)C(=O)O)c1ccccc1. The van der Waals surface area contributed by atoms with Gasteiger partial charge in [-0.15, -0.1) is 0 Å². The summed E-state index contributed by atoms with van der Waals surface area (Å²) in [5.41, 5.74) is 1.89. The maximum atomic E-state index is 10.8. The first-order chi connectivity index (χ1) is 7.52. The maximum absolute atomic E-state index is 10.8. The van der Waals surface area contributed by atoms with Crippen molar-refractivity contribution in [2.75, 3.05) is 0 Å². The minimum atomic E-state index is -1.32. The standard InChI is InChI=1S/C13H14O3/c1-9(2)8-11(12(14)13(15)16)10-6-4-3-5-7-10/h3-7,14H,1,8H2,2H3,(H,15,16). The number of hydrogen-bond donors (Lipinski definition) is 2. The fourth-order valence-electron chi connectivity index (χ4n) is 1.39. The third-order valence-corrected chi connectivity index (χ3v) is 2.09. The summed E-state index contributed by atoms with van der Waals surface area (Å²) in [6.07, 6.45) is 0.349. The highest BCUT2D eigenvalue weighted by Gasteiger charge is 2.14. The molecule has 0 spiro atoms. The van der Waals surface area contributed by atoms with Crippen LogP contribution in [-0.4, -0.2) is 16.2 Å². The highest BCUT2D eigenvalue weighted by atomic mass is 16.4. The molecule has 1 aromatic rings. The second kappa shape index (κ2) is 5.16. The van der Waals surface area contributed by atoms with E-state index < -0.39 is 11.7 Å². The van der Waals surface area contributed by atoms with Gasteiger partial charge in [-0.25, -0.2) is 4.79 Å². The third kappa shape index (κ3) is 2.98. The van der Waals surface area contributed by atoms with Crippen LogP contribution in [0.25, 0.3) is 5.57 Å². The van der Waals surface area contributed by atoms with Crippen LogP contribution in [0, 0.1) is 0 Å². The van der Waals surface area contributed by atoms with Crippen LogP contribution in [-0.2, 0) is 4.79 Å². The van der Waals surface area contributed by atoms with E-state index in [0.29, 0.717) is 17.6 Å². The predicted molar refractivity (Wildman–Crippen MR) is 63.1 cm³/mol. The number of carboxylic acids is 1. The quantitative estimate of drug-likeness (QED) is 0.464. The van der Waals surface area contributed by atoms with Gasteiger partial charge in [-0.2, -0.15) is 0 Å². The van der Waals surface area contributed by atoms with E-state index in [1.165, 1.54) is 0 Å². The number of allylic oxidation sites excluding steroid dienone is 2. The van der Waals surface area contributed by atoms with Crippen molar-refractivity contribution < 1.29 is 15.0 Å². The van der Waals surface area contributed by atoms with E-state index in [-0.39, 0.29) is 0 Å². The minimum absolute atomic E-state index is 0.349. The lowest BCUT2D eigenvalue weighted by Gasteiger charge is -2.08. The Kier molecular flexibility index (Phi) is 3.89. The van der Waals surface area contributed by atoms with Gasteiger partial charge in [-0.3, -0.25) is 0 Å². The van der Waals surface area contributed by atoms with E-state index >= 15 is 0 Å². The van der Waals surface area contributed by atoms with Crippen LogP contribution in [0.15, 0.2) is 48.2 Å². The molecule has 0 unspecified atom stereocenters. The van der Waals surface area contributed by atoms with Gasteiger partial charge in [-0.1, -0.05) is 42.5 Å². The van der Waals surface area contributed by atoms with Crippen molar-refractivity contribution in [1.29, 1.82) is 0 Å². The van der Waals surface area contributed by atoms with Crippen molar-refractivity contribution in [2.24, 2.45) is 0 Å². The van der Waals surface area contributed by atoms with Gasteiger partial charge in [0.25, 0.3) is 0 Å². The largest absolute Gasteiger partial charge is 0.502 e. The van der Waals surface area contributed by atoms with Crippen LogP contribution in [0.5, 0.6) is 0 Å². The molecule has 3 nitrogen and oxygen atoms in total. The number of aliphatic hydroxyl groups excluding tert-OH is 1. The summed E-state index contributed by atoms with van der Waals surface area (Å²) in [6.45, 7) is 5.51. The van der Waals surface area contributed by atoms with Crippen molar-refractivity contribution in [3.05, 3.63) is 53.8 Å². The van der Waals surface area contributed by atoms with Crippen LogP contribution in [0.2, 0.25) is 0 Å². The maximum Gasteiger partial charge on any atom is 0.371 e. The summed E-state index contributed by atoms with van der Waals surface area (Å²) >= 11 is 0. The van der Waals surface area contributed by atoms with Gasteiger partial charge >= 0.3 is 5.97 Å². The van der Waals surface area contributed by atoms with E-state index in [1.54, 1.807) is 31.2 Å². The molecule has 0 saturated heterocycles. The molecule has 0 aliphatic rings. The lowest BCUT2D eigenvalue weighted by atomic mass is 9.98. The summed E-state index contributed by atoms with van der Waals surface area (Å²) in [4.78, 5) is 10.8. The summed E-state index contributed by atoms with van der Waals surface area (Å²) in [5.74, 6) is -1.94. The molecule has 1 aromatic carbocycles. The Morgan fingerprint density at radius 2 is 1.81 bits per heavy atom. The van der Waals surface area contributed by atoms with E-state index in [2.05, 4.69) is 6.58 Å². The number of aliphatic hydroxyl groups is 1. The zero-order valence-corrected chi connectivity index (χ0v) is 9.10. The van der Waals surface area contributed by atoms with Gasteiger partial charge in [0.2, 0.25) is 5.76 Å². The predicted octanol–water partition coefficient (Wildman–Crippen LogP) is 3.01. The van der Waals surface area contributed by atoms with Crippen LogP contribution < -0.4 is 0 Å². The molecular formula is C13H14O3. The molecule has 0 fully saturated rings. The average molecular weight is 218 g/mol. The molecule has 84 valence electrons. The number of hydrogen-bond acceptors (Lipinski definition) is 2. The first-order valence-corrected chi connectivity index (χ1v) is 4.87. The van der Waals surface area contributed by atoms with Crippen molar-refractivity contribution in [3.8, 4) is 0 Å². The number of benzene rings is 1. The molecule has 0 heterocycles. The van der Waals surface area contributed by atoms with E-state index in [9.17, 15) is 9.90 Å². The highest BCUT2D eigenvalue weighted by molar-refractivity contribution is 5.94. The molecule has 2 N–H and O–H groups in total. The Labute approximate surface area is 94.4 Å². The Hall–Kier alpha value is -2.03. The number of carbonyl (C=O) groups is 1. The Bertz CT molecular complexity index is 430. The number of rotatable bonds is 4. The molecule has 0 aromatic heterocycles. The van der Waals surface area contributed by atoms with Crippen molar-refractivity contribution in [2.45, 2.75) is 13.3 Å². The summed E-state index contributed by atoms with van der Waals surface area (Å²) in [5, 5.41) is 18.3. The second-order valence-corrected chi connectivity index (χ2v) is 3.63. The summed E-state index contributed by atoms with van der Waals surface area (Å²) in [6, 6.07) is 8.94. The van der Waals surface area contributed by atoms with Gasteiger partial charge in [0.1, 0.15) is 0 Å². The molecule has 0 amide bonds. The van der Waals surface area contributed by atoms with Gasteiger partial charge in [0.15, 0.2) is 0 Å². The average Bonchev–Trinajstić information content (AvgIpc) is 2.26. The highest BCUT2D eigenvalue weighted by Crippen LogP contribution is 2.24. The smallest absolute Gasteiger partial charge is 0.371 e. The van der Waals surface area contributed by atoms with Crippen LogP contribution in [0.1, 0.15) is 18.9 Å². The summed E-state index contributed by atoms with van der Waals surface area (Å²) < 4.78 is 0. The molecule has 1 rings (SSSR count). The zero-order chi connectivity index (χ0) is 12.1. The van der Waals surface area contributed by atoms with Crippen LogP contribution in [0.3, 0.4) is 0 Å². The molecule has 0 bridgehead atoms. The van der Waals surface area contributed by atoms with Crippen LogP contribution >= 0.6 is 0 Å².